The number of nitrogens with two attached hydrogens (primary N) is 1. The molecule has 1 heterocycles. The van der Waals surface area contributed by atoms with Gasteiger partial charge in [0, 0.05) is 10.1 Å². The summed E-state index contributed by atoms with van der Waals surface area (Å²) in [6.07, 6.45) is 0. The van der Waals surface area contributed by atoms with Crippen molar-refractivity contribution >= 4 is 44.7 Å². The van der Waals surface area contributed by atoms with E-state index in [0.717, 1.165) is 4.70 Å². The number of carboxylic acids is 1. The summed E-state index contributed by atoms with van der Waals surface area (Å²) >= 11 is 7.00. The molecule has 1 aromatic carbocycles. The molecule has 0 radical (unpaired) electrons. The molecule has 0 aliphatic rings. The second-order valence-corrected chi connectivity index (χ2v) is 4.28. The molecule has 2 aromatic rings. The molecule has 1 aromatic heterocycles. The molecule has 0 unspecified atom stereocenters. The quantitative estimate of drug-likeness (QED) is 0.737. The molecule has 0 bridgehead atoms. The molecular formula is C9H6ClNO2S. The molecule has 0 saturated heterocycles. The Morgan fingerprint density at radius 1 is 1.50 bits per heavy atom. The molecular weight excluding hydrogens is 222 g/mol. The minimum Gasteiger partial charge on any atom is -0.477 e. The molecule has 0 aliphatic heterocycles. The number of halogens is 1. The molecule has 0 amide bonds. The van der Waals surface area contributed by atoms with Gasteiger partial charge in [-0.3, -0.25) is 0 Å². The maximum Gasteiger partial charge on any atom is 0.345 e. The third-order valence-corrected chi connectivity index (χ3v) is 3.32. The fraction of sp³-hybridized carbons (Fsp3) is 0. The van der Waals surface area contributed by atoms with E-state index in [9.17, 15) is 4.79 Å². The topological polar surface area (TPSA) is 63.3 Å². The van der Waals surface area contributed by atoms with Gasteiger partial charge in [0.05, 0.1) is 10.7 Å². The van der Waals surface area contributed by atoms with E-state index in [4.69, 9.17) is 22.4 Å². The highest BCUT2D eigenvalue weighted by Gasteiger charge is 2.11. The lowest BCUT2D eigenvalue weighted by Crippen LogP contribution is -1.90. The van der Waals surface area contributed by atoms with Gasteiger partial charge in [-0.1, -0.05) is 11.6 Å². The van der Waals surface area contributed by atoms with Crippen LogP contribution < -0.4 is 5.73 Å². The van der Waals surface area contributed by atoms with Gasteiger partial charge in [0.25, 0.3) is 0 Å². The van der Waals surface area contributed by atoms with Crippen molar-refractivity contribution in [3.63, 3.8) is 0 Å². The number of hydrogen-bond acceptors (Lipinski definition) is 3. The fourth-order valence-corrected chi connectivity index (χ4v) is 2.29. The lowest BCUT2D eigenvalue weighted by atomic mass is 10.2. The highest BCUT2D eigenvalue weighted by atomic mass is 35.5. The Morgan fingerprint density at radius 3 is 2.86 bits per heavy atom. The second-order valence-electron chi connectivity index (χ2n) is 2.79. The van der Waals surface area contributed by atoms with Crippen molar-refractivity contribution in [1.82, 2.24) is 0 Å². The van der Waals surface area contributed by atoms with Crippen molar-refractivity contribution < 1.29 is 9.90 Å². The first-order valence-corrected chi connectivity index (χ1v) is 5.00. The average Bonchev–Trinajstić information content (AvgIpc) is 2.56. The molecule has 3 nitrogen and oxygen atoms in total. The summed E-state index contributed by atoms with van der Waals surface area (Å²) in [5.41, 5.74) is 6.15. The SMILES string of the molecule is Nc1c(Cl)ccc2sc(C(=O)O)cc12. The summed E-state index contributed by atoms with van der Waals surface area (Å²) in [4.78, 5) is 11.0. The minimum absolute atomic E-state index is 0.272. The zero-order valence-electron chi connectivity index (χ0n) is 6.95. The van der Waals surface area contributed by atoms with Crippen molar-refractivity contribution in [3.05, 3.63) is 28.1 Å². The van der Waals surface area contributed by atoms with E-state index in [2.05, 4.69) is 0 Å². The molecule has 0 spiro atoms. The third kappa shape index (κ3) is 1.32. The van der Waals surface area contributed by atoms with E-state index < -0.39 is 5.97 Å². The molecule has 2 rings (SSSR count). The van der Waals surface area contributed by atoms with Crippen LogP contribution in [-0.4, -0.2) is 11.1 Å². The van der Waals surface area contributed by atoms with Crippen LogP contribution in [0, 0.1) is 0 Å². The predicted octanol–water partition coefficient (Wildman–Crippen LogP) is 2.84. The number of carbonyl (C=O) groups is 1. The maximum absolute atomic E-state index is 10.7. The molecule has 5 heteroatoms. The molecule has 0 saturated carbocycles. The van der Waals surface area contributed by atoms with Crippen LogP contribution in [0.5, 0.6) is 0 Å². The Bertz CT molecular complexity index is 521. The lowest BCUT2D eigenvalue weighted by Gasteiger charge is -1.97. The smallest absolute Gasteiger partial charge is 0.345 e. The van der Waals surface area contributed by atoms with E-state index in [1.54, 1.807) is 18.2 Å². The van der Waals surface area contributed by atoms with Crippen molar-refractivity contribution in [2.45, 2.75) is 0 Å². The number of aromatic carboxylic acids is 1. The normalized spacial score (nSPS) is 10.6. The van der Waals surface area contributed by atoms with Crippen molar-refractivity contribution in [2.24, 2.45) is 0 Å². The Hall–Kier alpha value is -1.26. The molecule has 0 aliphatic carbocycles. The lowest BCUT2D eigenvalue weighted by molar-refractivity contribution is 0.0702. The largest absolute Gasteiger partial charge is 0.477 e. The monoisotopic (exact) mass is 227 g/mol. The molecule has 0 fully saturated rings. The van der Waals surface area contributed by atoms with Gasteiger partial charge in [-0.15, -0.1) is 11.3 Å². The molecule has 0 atom stereocenters. The van der Waals surface area contributed by atoms with Gasteiger partial charge < -0.3 is 10.8 Å². The Balaban J connectivity index is 2.77. The van der Waals surface area contributed by atoms with E-state index in [1.165, 1.54) is 11.3 Å². The van der Waals surface area contributed by atoms with Crippen LogP contribution in [0.3, 0.4) is 0 Å². The van der Waals surface area contributed by atoms with Crippen LogP contribution in [0.25, 0.3) is 10.1 Å². The van der Waals surface area contributed by atoms with Crippen LogP contribution in [0.4, 0.5) is 5.69 Å². The highest BCUT2D eigenvalue weighted by Crippen LogP contribution is 2.34. The first-order valence-electron chi connectivity index (χ1n) is 3.80. The van der Waals surface area contributed by atoms with Crippen LogP contribution >= 0.6 is 22.9 Å². The maximum atomic E-state index is 10.7. The van der Waals surface area contributed by atoms with Gasteiger partial charge in [0.15, 0.2) is 0 Å². The summed E-state index contributed by atoms with van der Waals surface area (Å²) in [6.45, 7) is 0. The fourth-order valence-electron chi connectivity index (χ4n) is 1.21. The van der Waals surface area contributed by atoms with Crippen LogP contribution in [-0.2, 0) is 0 Å². The number of hydrogen-bond donors (Lipinski definition) is 2. The van der Waals surface area contributed by atoms with Gasteiger partial charge >= 0.3 is 5.97 Å². The van der Waals surface area contributed by atoms with E-state index >= 15 is 0 Å². The number of benzene rings is 1. The standard InChI is InChI=1S/C9H6ClNO2S/c10-5-1-2-6-4(8(5)11)3-7(14-6)9(12)13/h1-3H,11H2,(H,12,13). The van der Waals surface area contributed by atoms with Crippen molar-refractivity contribution in [2.75, 3.05) is 5.73 Å². The van der Waals surface area contributed by atoms with Gasteiger partial charge in [0.1, 0.15) is 4.88 Å². The van der Waals surface area contributed by atoms with Crippen LogP contribution in [0.1, 0.15) is 9.67 Å². The minimum atomic E-state index is -0.943. The second kappa shape index (κ2) is 3.15. The molecule has 14 heavy (non-hydrogen) atoms. The summed E-state index contributed by atoms with van der Waals surface area (Å²) in [7, 11) is 0. The average molecular weight is 228 g/mol. The number of fused-ring (bicyclic) bond motifs is 1. The summed E-state index contributed by atoms with van der Waals surface area (Å²) in [6, 6.07) is 4.98. The van der Waals surface area contributed by atoms with Crippen LogP contribution in [0.2, 0.25) is 5.02 Å². The van der Waals surface area contributed by atoms with Gasteiger partial charge in [-0.25, -0.2) is 4.79 Å². The zero-order valence-corrected chi connectivity index (χ0v) is 8.52. The number of thiophene rings is 1. The first kappa shape index (κ1) is 9.30. The van der Waals surface area contributed by atoms with Gasteiger partial charge in [0.2, 0.25) is 0 Å². The van der Waals surface area contributed by atoms with Crippen molar-refractivity contribution in [1.29, 1.82) is 0 Å². The summed E-state index contributed by atoms with van der Waals surface area (Å²) < 4.78 is 0.837. The van der Waals surface area contributed by atoms with Crippen molar-refractivity contribution in [3.8, 4) is 0 Å². The van der Waals surface area contributed by atoms with Gasteiger partial charge in [-0.05, 0) is 18.2 Å². The predicted molar refractivity (Wildman–Crippen MR) is 58.2 cm³/mol. The zero-order chi connectivity index (χ0) is 10.3. The van der Waals surface area contributed by atoms with Gasteiger partial charge in [-0.2, -0.15) is 0 Å². The van der Waals surface area contributed by atoms with E-state index in [0.29, 0.717) is 16.1 Å². The molecule has 72 valence electrons. The number of anilines is 1. The highest BCUT2D eigenvalue weighted by molar-refractivity contribution is 7.20. The Kier molecular flexibility index (Phi) is 2.09. The summed E-state index contributed by atoms with van der Waals surface area (Å²) in [5.74, 6) is -0.943. The number of carboxylic acid groups (broad SMARTS) is 1. The first-order chi connectivity index (χ1) is 6.59. The molecule has 3 N–H and O–H groups in total. The van der Waals surface area contributed by atoms with E-state index in [-0.39, 0.29) is 4.88 Å². The number of rotatable bonds is 1. The Labute approximate surface area is 88.7 Å². The third-order valence-electron chi connectivity index (χ3n) is 1.90. The van der Waals surface area contributed by atoms with Crippen LogP contribution in [0.15, 0.2) is 18.2 Å². The number of nitrogen functional groups attached to an aromatic ring is 1. The van der Waals surface area contributed by atoms with E-state index in [1.807, 2.05) is 0 Å². The summed E-state index contributed by atoms with van der Waals surface area (Å²) in [5, 5.41) is 9.94. The Morgan fingerprint density at radius 2 is 2.21 bits per heavy atom.